The van der Waals surface area contributed by atoms with E-state index in [0.717, 1.165) is 45.2 Å². The highest BCUT2D eigenvalue weighted by molar-refractivity contribution is 5.67. The van der Waals surface area contributed by atoms with Gasteiger partial charge in [-0.3, -0.25) is 0 Å². The van der Waals surface area contributed by atoms with E-state index in [1.165, 1.54) is 37.7 Å². The van der Waals surface area contributed by atoms with Crippen molar-refractivity contribution in [2.75, 3.05) is 19.7 Å². The molecule has 0 spiro atoms. The number of rotatable bonds is 10. The highest BCUT2D eigenvalue weighted by Crippen LogP contribution is 2.77. The van der Waals surface area contributed by atoms with Gasteiger partial charge in [-0.1, -0.05) is 58.9 Å². The van der Waals surface area contributed by atoms with Crippen molar-refractivity contribution in [3.05, 3.63) is 73.3 Å². The molecule has 2 aromatic rings. The van der Waals surface area contributed by atoms with E-state index in [2.05, 4.69) is 67.9 Å². The highest BCUT2D eigenvalue weighted by Gasteiger charge is 2.71. The van der Waals surface area contributed by atoms with E-state index < -0.39 is 0 Å². The van der Waals surface area contributed by atoms with E-state index in [-0.39, 0.29) is 70.2 Å². The van der Waals surface area contributed by atoms with Crippen LogP contribution < -0.4 is 44.6 Å². The van der Waals surface area contributed by atoms with Gasteiger partial charge in [-0.05, 0) is 117 Å². The number of allylic oxidation sites excluding steroid dienone is 1. The molecular weight excluding hydrogens is 743 g/mol. The number of nitrogens with zero attached hydrogens (tertiary/aromatic N) is 2. The van der Waals surface area contributed by atoms with Crippen LogP contribution in [0.5, 0.6) is 0 Å². The molecule has 56 heavy (non-hydrogen) atoms. The predicted molar refractivity (Wildman–Crippen MR) is 210 cm³/mol. The van der Waals surface area contributed by atoms with Gasteiger partial charge in [-0.2, -0.15) is 0 Å². The minimum absolute atomic E-state index is 0. The normalized spacial score (nSPS) is 36.4. The van der Waals surface area contributed by atoms with E-state index in [9.17, 15) is 9.59 Å². The van der Waals surface area contributed by atoms with Crippen LogP contribution in [-0.2, 0) is 22.6 Å². The Hall–Kier alpha value is -2.84. The molecule has 310 valence electrons. The van der Waals surface area contributed by atoms with Crippen LogP contribution in [0.4, 0.5) is 9.59 Å². The Labute approximate surface area is 349 Å². The van der Waals surface area contributed by atoms with Crippen molar-refractivity contribution in [2.45, 2.75) is 125 Å². The Morgan fingerprint density at radius 1 is 0.696 bits per heavy atom. The van der Waals surface area contributed by atoms with Crippen molar-refractivity contribution in [3.63, 3.8) is 0 Å². The van der Waals surface area contributed by atoms with E-state index in [1.54, 1.807) is 0 Å². The molecule has 5 saturated carbocycles. The SMILES string of the molecule is C=C(C)[C@@H]1CC[C@]2(COC(=O)NCC[n+]3ccccc3)CC[C@]3(C)C(CCC4[C@@]5(C)CC[C@H](OC(=O)NCC[n+]6ccccc6)C(C)(C)C5CC[C@]43C)C12.[Cl-].[Cl-]. The van der Waals surface area contributed by atoms with E-state index in [1.807, 2.05) is 61.2 Å². The average molecular weight is 812 g/mol. The summed E-state index contributed by atoms with van der Waals surface area (Å²) < 4.78 is 16.6. The summed E-state index contributed by atoms with van der Waals surface area (Å²) in [6.45, 7) is 22.5. The number of hydrogen-bond acceptors (Lipinski definition) is 4. The van der Waals surface area contributed by atoms with Crippen LogP contribution in [0.25, 0.3) is 0 Å². The van der Waals surface area contributed by atoms with Crippen molar-refractivity contribution in [1.82, 2.24) is 10.6 Å². The Bertz CT molecular complexity index is 1680. The second-order valence-electron chi connectivity index (χ2n) is 19.5. The van der Waals surface area contributed by atoms with Crippen LogP contribution in [0.15, 0.2) is 73.3 Å². The summed E-state index contributed by atoms with van der Waals surface area (Å²) in [5.74, 6) is 2.68. The van der Waals surface area contributed by atoms with Gasteiger partial charge >= 0.3 is 12.2 Å². The third-order valence-corrected chi connectivity index (χ3v) is 16.8. The van der Waals surface area contributed by atoms with Gasteiger partial charge in [0.2, 0.25) is 0 Å². The van der Waals surface area contributed by atoms with Crippen molar-refractivity contribution in [1.29, 1.82) is 0 Å². The molecule has 2 heterocycles. The summed E-state index contributed by atoms with van der Waals surface area (Å²) >= 11 is 0. The van der Waals surface area contributed by atoms with Gasteiger partial charge in [0.05, 0.1) is 19.7 Å². The molecular formula is C46H68Cl2N4O4. The molecule has 0 aliphatic heterocycles. The number of carbonyl (C=O) groups excluding carboxylic acids is 2. The van der Waals surface area contributed by atoms with Gasteiger partial charge in [0.1, 0.15) is 6.10 Å². The standard InChI is InChI=1S/C46H66N4O4.2ClH/c1-33(2)34-16-21-46(32-53-40(51)47-24-30-49-26-10-8-11-27-49)23-22-44(6)35(39(34)46)14-15-37-43(5)19-18-38(42(3,4)36(43)17-20-45(37,44)7)54-41(52)48-25-31-50-28-12-9-13-29-50;;/h8-13,26-29,34-39H,1,14-25,30-32H2,2-7H3;2*1H/t34-,35?,36?,37?,38-,39?,43-,44+,45+,46+;;/m0../s1. The molecule has 0 bridgehead atoms. The van der Waals surface area contributed by atoms with Gasteiger partial charge < -0.3 is 44.9 Å². The number of fused-ring (bicyclic) bond motifs is 7. The summed E-state index contributed by atoms with van der Waals surface area (Å²) in [6.07, 6.45) is 18.9. The first-order valence-corrected chi connectivity index (χ1v) is 21.1. The quantitative estimate of drug-likeness (QED) is 0.286. The topological polar surface area (TPSA) is 84.4 Å². The number of alkyl carbamates (subject to hydrolysis) is 2. The third kappa shape index (κ3) is 7.84. The van der Waals surface area contributed by atoms with E-state index in [0.29, 0.717) is 49.3 Å². The zero-order valence-electron chi connectivity index (χ0n) is 34.8. The Morgan fingerprint density at radius 3 is 1.91 bits per heavy atom. The van der Waals surface area contributed by atoms with Gasteiger partial charge in [0.15, 0.2) is 37.9 Å². The molecule has 10 heteroatoms. The smallest absolute Gasteiger partial charge is 0.407 e. The van der Waals surface area contributed by atoms with Crippen LogP contribution in [0.2, 0.25) is 0 Å². The maximum atomic E-state index is 13.1. The second kappa shape index (κ2) is 17.2. The molecule has 10 atom stereocenters. The molecule has 5 aliphatic carbocycles. The number of aromatic nitrogens is 2. The molecule has 0 aromatic carbocycles. The maximum absolute atomic E-state index is 13.1. The summed E-state index contributed by atoms with van der Waals surface area (Å²) in [4.78, 5) is 26.2. The number of nitrogens with one attached hydrogen (secondary N) is 2. The molecule has 2 amide bonds. The molecule has 5 fully saturated rings. The molecule has 0 saturated heterocycles. The maximum Gasteiger partial charge on any atom is 0.407 e. The zero-order chi connectivity index (χ0) is 38.4. The number of pyridine rings is 2. The van der Waals surface area contributed by atoms with Crippen LogP contribution >= 0.6 is 0 Å². The molecule has 0 radical (unpaired) electrons. The number of hydrogen-bond donors (Lipinski definition) is 2. The Morgan fingerprint density at radius 2 is 1.30 bits per heavy atom. The highest BCUT2D eigenvalue weighted by atomic mass is 35.5. The summed E-state index contributed by atoms with van der Waals surface area (Å²) in [5, 5.41) is 6.05. The monoisotopic (exact) mass is 810 g/mol. The lowest BCUT2D eigenvalue weighted by Crippen LogP contribution is -3.00. The van der Waals surface area contributed by atoms with Crippen LogP contribution in [-0.4, -0.2) is 38.0 Å². The third-order valence-electron chi connectivity index (χ3n) is 16.8. The van der Waals surface area contributed by atoms with E-state index in [4.69, 9.17) is 9.47 Å². The molecule has 5 aliphatic rings. The largest absolute Gasteiger partial charge is 1.00 e. The summed E-state index contributed by atoms with van der Waals surface area (Å²) in [7, 11) is 0. The number of ether oxygens (including phenoxy) is 2. The second-order valence-corrected chi connectivity index (χ2v) is 19.5. The minimum Gasteiger partial charge on any atom is -1.00 e. The lowest BCUT2D eigenvalue weighted by molar-refractivity contribution is -0.695. The van der Waals surface area contributed by atoms with Crippen molar-refractivity contribution < 1.29 is 53.0 Å². The van der Waals surface area contributed by atoms with Gasteiger partial charge in [-0.25, -0.2) is 18.7 Å². The molecule has 2 N–H and O–H groups in total. The number of carbonyl (C=O) groups is 2. The lowest BCUT2D eigenvalue weighted by Gasteiger charge is -2.73. The zero-order valence-corrected chi connectivity index (χ0v) is 36.3. The van der Waals surface area contributed by atoms with Crippen molar-refractivity contribution in [2.24, 2.45) is 56.7 Å². The Balaban J connectivity index is 0.00000300. The summed E-state index contributed by atoms with van der Waals surface area (Å²) in [5.41, 5.74) is 1.84. The van der Waals surface area contributed by atoms with E-state index >= 15 is 0 Å². The lowest BCUT2D eigenvalue weighted by atomic mass is 9.32. The number of amides is 2. The van der Waals surface area contributed by atoms with Gasteiger partial charge in [-0.15, -0.1) is 0 Å². The average Bonchev–Trinajstić information content (AvgIpc) is 3.53. The fourth-order valence-corrected chi connectivity index (χ4v) is 13.9. The van der Waals surface area contributed by atoms with Crippen molar-refractivity contribution >= 4 is 12.2 Å². The number of halogens is 2. The van der Waals surface area contributed by atoms with Crippen LogP contribution in [0, 0.1) is 56.7 Å². The molecule has 2 aromatic heterocycles. The fourth-order valence-electron chi connectivity index (χ4n) is 13.9. The first-order chi connectivity index (χ1) is 25.7. The first-order valence-electron chi connectivity index (χ1n) is 21.1. The minimum atomic E-state index is -0.292. The Kier molecular flexibility index (Phi) is 13.6. The van der Waals surface area contributed by atoms with Crippen LogP contribution in [0.1, 0.15) is 106 Å². The predicted octanol–water partition coefficient (Wildman–Crippen LogP) is 2.45. The first kappa shape index (κ1) is 44.3. The molecule has 8 nitrogen and oxygen atoms in total. The van der Waals surface area contributed by atoms with Gasteiger partial charge in [0.25, 0.3) is 0 Å². The van der Waals surface area contributed by atoms with Crippen molar-refractivity contribution in [3.8, 4) is 0 Å². The van der Waals surface area contributed by atoms with Gasteiger partial charge in [0, 0.05) is 35.1 Å². The summed E-state index contributed by atoms with van der Waals surface area (Å²) in [6, 6.07) is 12.0. The fraction of sp³-hybridized carbons (Fsp3) is 0.696. The molecule has 7 rings (SSSR count). The molecule has 4 unspecified atom stereocenters. The van der Waals surface area contributed by atoms with Crippen LogP contribution in [0.3, 0.4) is 0 Å².